The summed E-state index contributed by atoms with van der Waals surface area (Å²) in [6.45, 7) is 5.46. The number of aryl methyl sites for hydroxylation is 2. The highest BCUT2D eigenvalue weighted by Gasteiger charge is 2.29. The van der Waals surface area contributed by atoms with Crippen molar-refractivity contribution in [3.05, 3.63) is 55.7 Å². The molecule has 0 amide bonds. The molecule has 0 bridgehead atoms. The minimum Gasteiger partial charge on any atom is -0.310 e. The fourth-order valence-corrected chi connectivity index (χ4v) is 5.35. The SMILES string of the molecule is CCNC(c1cc(Br)sc1C)C1CCCc2ccccc21. The zero-order valence-corrected chi connectivity index (χ0v) is 15.1. The first-order valence-corrected chi connectivity index (χ1v) is 9.38. The van der Waals surface area contributed by atoms with Gasteiger partial charge in [0, 0.05) is 16.8 Å². The van der Waals surface area contributed by atoms with Crippen molar-refractivity contribution >= 4 is 27.3 Å². The molecule has 1 N–H and O–H groups in total. The van der Waals surface area contributed by atoms with Crippen LogP contribution in [0.5, 0.6) is 0 Å². The highest BCUT2D eigenvalue weighted by atomic mass is 79.9. The molecular weight excluding hydrogens is 342 g/mol. The summed E-state index contributed by atoms with van der Waals surface area (Å²) < 4.78 is 1.24. The van der Waals surface area contributed by atoms with E-state index in [-0.39, 0.29) is 0 Å². The maximum Gasteiger partial charge on any atom is 0.0704 e. The molecule has 3 heteroatoms. The Morgan fingerprint density at radius 2 is 2.19 bits per heavy atom. The molecule has 0 fully saturated rings. The Hall–Kier alpha value is -0.640. The topological polar surface area (TPSA) is 12.0 Å². The van der Waals surface area contributed by atoms with Gasteiger partial charge in [-0.1, -0.05) is 31.2 Å². The summed E-state index contributed by atoms with van der Waals surface area (Å²) in [7, 11) is 0. The number of nitrogens with one attached hydrogen (secondary N) is 1. The predicted octanol–water partition coefficient (Wildman–Crippen LogP) is 5.59. The first-order valence-electron chi connectivity index (χ1n) is 7.77. The average molecular weight is 364 g/mol. The smallest absolute Gasteiger partial charge is 0.0704 e. The van der Waals surface area contributed by atoms with Gasteiger partial charge in [0.05, 0.1) is 3.79 Å². The maximum absolute atomic E-state index is 3.75. The van der Waals surface area contributed by atoms with Gasteiger partial charge in [0.1, 0.15) is 0 Å². The predicted molar refractivity (Wildman–Crippen MR) is 95.3 cm³/mol. The normalized spacial score (nSPS) is 19.3. The third-order valence-electron chi connectivity index (χ3n) is 4.50. The van der Waals surface area contributed by atoms with E-state index >= 15 is 0 Å². The Balaban J connectivity index is 2.01. The summed E-state index contributed by atoms with van der Waals surface area (Å²) in [6, 6.07) is 11.7. The van der Waals surface area contributed by atoms with Crippen LogP contribution in [0, 0.1) is 6.92 Å². The Morgan fingerprint density at radius 3 is 2.90 bits per heavy atom. The van der Waals surface area contributed by atoms with E-state index in [1.165, 1.54) is 33.5 Å². The van der Waals surface area contributed by atoms with E-state index in [1.807, 2.05) is 11.3 Å². The second-order valence-corrected chi connectivity index (χ2v) is 8.43. The van der Waals surface area contributed by atoms with Gasteiger partial charge in [0.2, 0.25) is 0 Å². The van der Waals surface area contributed by atoms with Crippen molar-refractivity contribution in [1.29, 1.82) is 0 Å². The van der Waals surface area contributed by atoms with E-state index in [0.717, 1.165) is 6.54 Å². The average Bonchev–Trinajstić information content (AvgIpc) is 2.83. The highest BCUT2D eigenvalue weighted by Crippen LogP contribution is 2.43. The lowest BCUT2D eigenvalue weighted by Crippen LogP contribution is -2.29. The Morgan fingerprint density at radius 1 is 1.38 bits per heavy atom. The number of thiophene rings is 1. The summed E-state index contributed by atoms with van der Waals surface area (Å²) in [5.41, 5.74) is 4.57. The van der Waals surface area contributed by atoms with Crippen molar-refractivity contribution in [2.45, 2.75) is 45.1 Å². The molecule has 112 valence electrons. The standard InChI is InChI=1S/C18H22BrNS/c1-3-20-18(16-11-17(19)21-12(16)2)15-10-6-8-13-7-4-5-9-14(13)15/h4-5,7,9,11,15,18,20H,3,6,8,10H2,1-2H3. The number of likely N-dealkylation sites (N-methyl/N-ethyl adjacent to an activating group) is 1. The monoisotopic (exact) mass is 363 g/mol. The van der Waals surface area contributed by atoms with Gasteiger partial charge in [-0.05, 0) is 71.4 Å². The zero-order chi connectivity index (χ0) is 14.8. The summed E-state index contributed by atoms with van der Waals surface area (Å²) in [5, 5.41) is 3.75. The van der Waals surface area contributed by atoms with Gasteiger partial charge < -0.3 is 5.32 Å². The third kappa shape index (κ3) is 3.10. The second kappa shape index (κ2) is 6.64. The lowest BCUT2D eigenvalue weighted by Gasteiger charge is -2.33. The molecule has 3 rings (SSSR count). The van der Waals surface area contributed by atoms with Crippen LogP contribution < -0.4 is 5.32 Å². The Kier molecular flexibility index (Phi) is 4.82. The van der Waals surface area contributed by atoms with Gasteiger partial charge in [0.25, 0.3) is 0 Å². The molecule has 21 heavy (non-hydrogen) atoms. The molecule has 1 heterocycles. The van der Waals surface area contributed by atoms with E-state index in [2.05, 4.69) is 65.4 Å². The molecule has 1 aliphatic rings. The molecule has 0 saturated carbocycles. The van der Waals surface area contributed by atoms with E-state index in [0.29, 0.717) is 12.0 Å². The minimum absolute atomic E-state index is 0.430. The molecule has 1 nitrogen and oxygen atoms in total. The second-order valence-electron chi connectivity index (χ2n) is 5.79. The molecular formula is C18H22BrNS. The fourth-order valence-electron chi connectivity index (χ4n) is 3.59. The number of halogens is 1. The summed E-state index contributed by atoms with van der Waals surface area (Å²) in [6.07, 6.45) is 3.81. The van der Waals surface area contributed by atoms with Crippen molar-refractivity contribution in [3.63, 3.8) is 0 Å². The lowest BCUT2D eigenvalue weighted by molar-refractivity contribution is 0.408. The number of hydrogen-bond donors (Lipinski definition) is 1. The molecule has 2 unspecified atom stereocenters. The zero-order valence-electron chi connectivity index (χ0n) is 12.7. The summed E-state index contributed by atoms with van der Waals surface area (Å²) in [4.78, 5) is 1.43. The van der Waals surface area contributed by atoms with Crippen molar-refractivity contribution in [2.75, 3.05) is 6.54 Å². The number of rotatable bonds is 4. The summed E-state index contributed by atoms with van der Waals surface area (Å²) in [5.74, 6) is 0.593. The van der Waals surface area contributed by atoms with E-state index < -0.39 is 0 Å². The van der Waals surface area contributed by atoms with Crippen LogP contribution in [0.3, 0.4) is 0 Å². The largest absolute Gasteiger partial charge is 0.310 e. The third-order valence-corrected chi connectivity index (χ3v) is 6.07. The molecule has 0 aliphatic heterocycles. The first kappa shape index (κ1) is 15.3. The summed E-state index contributed by atoms with van der Waals surface area (Å²) >= 11 is 5.49. The van der Waals surface area contributed by atoms with E-state index in [1.54, 1.807) is 11.1 Å². The van der Waals surface area contributed by atoms with Crippen LogP contribution in [0.2, 0.25) is 0 Å². The van der Waals surface area contributed by atoms with Crippen LogP contribution in [0.1, 0.15) is 53.3 Å². The molecule has 1 aromatic heterocycles. The van der Waals surface area contributed by atoms with Crippen LogP contribution in [0.4, 0.5) is 0 Å². The van der Waals surface area contributed by atoms with Crippen molar-refractivity contribution in [3.8, 4) is 0 Å². The van der Waals surface area contributed by atoms with Gasteiger partial charge in [0.15, 0.2) is 0 Å². The van der Waals surface area contributed by atoms with Crippen molar-refractivity contribution in [1.82, 2.24) is 5.32 Å². The molecule has 2 aromatic rings. The van der Waals surface area contributed by atoms with Crippen LogP contribution in [0.15, 0.2) is 34.1 Å². The van der Waals surface area contributed by atoms with Crippen LogP contribution in [-0.4, -0.2) is 6.54 Å². The number of fused-ring (bicyclic) bond motifs is 1. The van der Waals surface area contributed by atoms with Gasteiger partial charge >= 0.3 is 0 Å². The van der Waals surface area contributed by atoms with Gasteiger partial charge in [-0.2, -0.15) is 0 Å². The van der Waals surface area contributed by atoms with E-state index in [4.69, 9.17) is 0 Å². The van der Waals surface area contributed by atoms with Crippen LogP contribution in [-0.2, 0) is 6.42 Å². The molecule has 2 atom stereocenters. The van der Waals surface area contributed by atoms with Gasteiger partial charge in [-0.15, -0.1) is 11.3 Å². The molecule has 1 aromatic carbocycles. The van der Waals surface area contributed by atoms with Crippen molar-refractivity contribution < 1.29 is 0 Å². The van der Waals surface area contributed by atoms with Crippen LogP contribution >= 0.6 is 27.3 Å². The van der Waals surface area contributed by atoms with E-state index in [9.17, 15) is 0 Å². The molecule has 0 saturated heterocycles. The molecule has 0 radical (unpaired) electrons. The molecule has 1 aliphatic carbocycles. The van der Waals surface area contributed by atoms with Gasteiger partial charge in [-0.3, -0.25) is 0 Å². The van der Waals surface area contributed by atoms with Crippen molar-refractivity contribution in [2.24, 2.45) is 0 Å². The lowest BCUT2D eigenvalue weighted by atomic mass is 9.77. The highest BCUT2D eigenvalue weighted by molar-refractivity contribution is 9.11. The number of benzene rings is 1. The molecule has 0 spiro atoms. The quantitative estimate of drug-likeness (QED) is 0.746. The minimum atomic E-state index is 0.430. The Bertz CT molecular complexity index is 619. The fraction of sp³-hybridized carbons (Fsp3) is 0.444. The van der Waals surface area contributed by atoms with Crippen LogP contribution in [0.25, 0.3) is 0 Å². The number of hydrogen-bond acceptors (Lipinski definition) is 2. The first-order chi connectivity index (χ1) is 10.2. The Labute approximate surface area is 139 Å². The van der Waals surface area contributed by atoms with Gasteiger partial charge in [-0.25, -0.2) is 0 Å². The maximum atomic E-state index is 3.75.